The van der Waals surface area contributed by atoms with Gasteiger partial charge in [0.1, 0.15) is 35.5 Å². The summed E-state index contributed by atoms with van der Waals surface area (Å²) in [5.41, 5.74) is 9.60. The quantitative estimate of drug-likeness (QED) is 0.421. The lowest BCUT2D eigenvalue weighted by Crippen LogP contribution is -2.03. The zero-order chi connectivity index (χ0) is 22.1. The Kier molecular flexibility index (Phi) is 5.03. The van der Waals surface area contributed by atoms with E-state index < -0.39 is 0 Å². The molecule has 0 saturated carbocycles. The first-order chi connectivity index (χ1) is 15.6. The molecule has 0 unspecified atom stereocenters. The molecule has 32 heavy (non-hydrogen) atoms. The Morgan fingerprint density at radius 3 is 2.75 bits per heavy atom. The fourth-order valence-corrected chi connectivity index (χ4v) is 3.63. The van der Waals surface area contributed by atoms with Crippen molar-refractivity contribution in [3.05, 3.63) is 72.4 Å². The highest BCUT2D eigenvalue weighted by Crippen LogP contribution is 2.24. The highest BCUT2D eigenvalue weighted by atomic mass is 16.5. The highest BCUT2D eigenvalue weighted by molar-refractivity contribution is 5.87. The summed E-state index contributed by atoms with van der Waals surface area (Å²) in [6.07, 6.45) is 6.25. The first-order valence-corrected chi connectivity index (χ1v) is 10.4. The molecule has 0 aliphatic carbocycles. The van der Waals surface area contributed by atoms with E-state index >= 15 is 0 Å². The molecule has 0 aliphatic heterocycles. The average molecular weight is 425 g/mol. The standard InChI is InChI=1S/C24H23N7O/c1-3-21-29-23(25)19-8-9-31(24(19)30-21)17-10-15(12-27-13-17)14-32-18-6-4-16-5-7-22(26-2)28-20(16)11-18/h4-13H,3,14H2,1-2H3,(H,26,28)(H2,25,29,30). The smallest absolute Gasteiger partial charge is 0.150 e. The minimum absolute atomic E-state index is 0.384. The van der Waals surface area contributed by atoms with Gasteiger partial charge in [0.15, 0.2) is 0 Å². The minimum atomic E-state index is 0.384. The number of aromatic nitrogens is 5. The van der Waals surface area contributed by atoms with Gasteiger partial charge in [0, 0.05) is 42.9 Å². The Morgan fingerprint density at radius 2 is 1.91 bits per heavy atom. The number of aryl methyl sites for hydroxylation is 1. The summed E-state index contributed by atoms with van der Waals surface area (Å²) >= 11 is 0. The number of nitrogen functional groups attached to an aromatic ring is 1. The van der Waals surface area contributed by atoms with Crippen molar-refractivity contribution in [1.29, 1.82) is 0 Å². The zero-order valence-corrected chi connectivity index (χ0v) is 17.9. The number of pyridine rings is 2. The number of anilines is 2. The number of rotatable bonds is 6. The molecule has 4 heterocycles. The van der Waals surface area contributed by atoms with E-state index in [-0.39, 0.29) is 0 Å². The van der Waals surface area contributed by atoms with Crippen LogP contribution in [0.1, 0.15) is 18.3 Å². The van der Waals surface area contributed by atoms with Crippen LogP contribution < -0.4 is 15.8 Å². The number of nitrogens with one attached hydrogen (secondary N) is 1. The minimum Gasteiger partial charge on any atom is -0.489 e. The maximum atomic E-state index is 6.11. The Labute approximate surface area is 185 Å². The molecule has 160 valence electrons. The number of hydrogen-bond acceptors (Lipinski definition) is 7. The molecule has 5 rings (SSSR count). The van der Waals surface area contributed by atoms with Crippen molar-refractivity contribution >= 4 is 33.6 Å². The molecule has 5 aromatic rings. The van der Waals surface area contributed by atoms with Crippen molar-refractivity contribution in [3.63, 3.8) is 0 Å². The van der Waals surface area contributed by atoms with Crippen LogP contribution in [-0.4, -0.2) is 31.6 Å². The summed E-state index contributed by atoms with van der Waals surface area (Å²) in [6, 6.07) is 13.8. The normalized spacial score (nSPS) is 11.2. The van der Waals surface area contributed by atoms with Gasteiger partial charge in [-0.1, -0.05) is 6.92 Å². The monoisotopic (exact) mass is 425 g/mol. The van der Waals surface area contributed by atoms with E-state index in [1.54, 1.807) is 12.4 Å². The molecule has 0 bridgehead atoms. The third kappa shape index (κ3) is 3.66. The molecular formula is C24H23N7O. The molecule has 0 radical (unpaired) electrons. The zero-order valence-electron chi connectivity index (χ0n) is 17.9. The Bertz CT molecular complexity index is 1430. The number of benzene rings is 1. The Hall–Kier alpha value is -4.20. The summed E-state index contributed by atoms with van der Waals surface area (Å²) < 4.78 is 8.01. The molecule has 1 aromatic carbocycles. The average Bonchev–Trinajstić information content (AvgIpc) is 3.27. The van der Waals surface area contributed by atoms with E-state index in [2.05, 4.69) is 25.3 Å². The third-order valence-corrected chi connectivity index (χ3v) is 5.32. The van der Waals surface area contributed by atoms with Gasteiger partial charge in [-0.05, 0) is 36.4 Å². The first-order valence-electron chi connectivity index (χ1n) is 10.4. The van der Waals surface area contributed by atoms with Crippen molar-refractivity contribution in [2.75, 3.05) is 18.1 Å². The van der Waals surface area contributed by atoms with E-state index in [9.17, 15) is 0 Å². The number of hydrogen-bond donors (Lipinski definition) is 2. The van der Waals surface area contributed by atoms with Crippen LogP contribution in [0.15, 0.2) is 61.1 Å². The van der Waals surface area contributed by atoms with Crippen molar-refractivity contribution in [1.82, 2.24) is 24.5 Å². The van der Waals surface area contributed by atoms with Crippen LogP contribution in [0, 0.1) is 0 Å². The number of fused-ring (bicyclic) bond motifs is 2. The van der Waals surface area contributed by atoms with Gasteiger partial charge in [-0.15, -0.1) is 0 Å². The molecule has 0 saturated heterocycles. The van der Waals surface area contributed by atoms with Crippen molar-refractivity contribution in [2.45, 2.75) is 20.0 Å². The van der Waals surface area contributed by atoms with E-state index in [0.29, 0.717) is 24.7 Å². The maximum Gasteiger partial charge on any atom is 0.150 e. The van der Waals surface area contributed by atoms with Gasteiger partial charge in [-0.25, -0.2) is 15.0 Å². The third-order valence-electron chi connectivity index (χ3n) is 5.32. The van der Waals surface area contributed by atoms with E-state index in [1.165, 1.54) is 0 Å². The topological polar surface area (TPSA) is 104 Å². The van der Waals surface area contributed by atoms with Crippen LogP contribution in [0.4, 0.5) is 11.6 Å². The molecule has 0 atom stereocenters. The Morgan fingerprint density at radius 1 is 1.03 bits per heavy atom. The summed E-state index contributed by atoms with van der Waals surface area (Å²) in [4.78, 5) is 18.0. The van der Waals surface area contributed by atoms with Crippen LogP contribution in [0.2, 0.25) is 0 Å². The molecule has 0 amide bonds. The lowest BCUT2D eigenvalue weighted by atomic mass is 10.2. The Balaban J connectivity index is 1.41. The molecular weight excluding hydrogens is 402 g/mol. The van der Waals surface area contributed by atoms with Gasteiger partial charge >= 0.3 is 0 Å². The fraction of sp³-hybridized carbons (Fsp3) is 0.167. The van der Waals surface area contributed by atoms with Crippen molar-refractivity contribution < 1.29 is 4.74 Å². The molecule has 3 N–H and O–H groups in total. The SMILES string of the molecule is CCc1nc(N)c2ccn(-c3cncc(COc4ccc5ccc(NC)nc5c4)c3)c2n1. The van der Waals surface area contributed by atoms with Crippen LogP contribution in [0.5, 0.6) is 5.75 Å². The molecule has 8 nitrogen and oxygen atoms in total. The summed E-state index contributed by atoms with van der Waals surface area (Å²) in [6.45, 7) is 2.39. The fourth-order valence-electron chi connectivity index (χ4n) is 3.63. The van der Waals surface area contributed by atoms with Gasteiger partial charge in [-0.3, -0.25) is 9.55 Å². The van der Waals surface area contributed by atoms with E-state index in [1.807, 2.05) is 67.2 Å². The van der Waals surface area contributed by atoms with Gasteiger partial charge in [0.2, 0.25) is 0 Å². The van der Waals surface area contributed by atoms with Gasteiger partial charge in [-0.2, -0.15) is 0 Å². The summed E-state index contributed by atoms with van der Waals surface area (Å²) in [5.74, 6) is 2.78. The predicted octanol–water partition coefficient (Wildman–Crippen LogP) is 4.13. The summed E-state index contributed by atoms with van der Waals surface area (Å²) in [7, 11) is 1.85. The van der Waals surface area contributed by atoms with Crippen LogP contribution in [0.3, 0.4) is 0 Å². The van der Waals surface area contributed by atoms with Crippen LogP contribution in [0.25, 0.3) is 27.6 Å². The highest BCUT2D eigenvalue weighted by Gasteiger charge is 2.11. The second-order valence-corrected chi connectivity index (χ2v) is 7.44. The van der Waals surface area contributed by atoms with E-state index in [0.717, 1.165) is 44.8 Å². The number of nitrogens with two attached hydrogens (primary N) is 1. The predicted molar refractivity (Wildman–Crippen MR) is 126 cm³/mol. The van der Waals surface area contributed by atoms with Gasteiger partial charge in [0.25, 0.3) is 0 Å². The van der Waals surface area contributed by atoms with Gasteiger partial charge in [0.05, 0.1) is 22.8 Å². The van der Waals surface area contributed by atoms with E-state index in [4.69, 9.17) is 10.5 Å². The summed E-state index contributed by atoms with van der Waals surface area (Å²) in [5, 5.41) is 4.95. The molecule has 4 aromatic heterocycles. The lowest BCUT2D eigenvalue weighted by molar-refractivity contribution is 0.306. The molecule has 0 aliphatic rings. The van der Waals surface area contributed by atoms with Crippen molar-refractivity contribution in [2.24, 2.45) is 0 Å². The maximum absolute atomic E-state index is 6.11. The largest absolute Gasteiger partial charge is 0.489 e. The van der Waals surface area contributed by atoms with Crippen LogP contribution in [-0.2, 0) is 13.0 Å². The molecule has 8 heteroatoms. The number of nitrogens with zero attached hydrogens (tertiary/aromatic N) is 5. The molecule has 0 spiro atoms. The first kappa shape index (κ1) is 19.7. The van der Waals surface area contributed by atoms with Gasteiger partial charge < -0.3 is 15.8 Å². The number of ether oxygens (including phenoxy) is 1. The second-order valence-electron chi connectivity index (χ2n) is 7.44. The van der Waals surface area contributed by atoms with Crippen molar-refractivity contribution in [3.8, 4) is 11.4 Å². The second kappa shape index (κ2) is 8.14. The lowest BCUT2D eigenvalue weighted by Gasteiger charge is -2.10. The van der Waals surface area contributed by atoms with Crippen LogP contribution >= 0.6 is 0 Å². The molecule has 0 fully saturated rings.